The molecular formula is C18H22N4O2. The summed E-state index contributed by atoms with van der Waals surface area (Å²) >= 11 is 0. The molecule has 0 spiro atoms. The molecule has 2 N–H and O–H groups in total. The van der Waals surface area contributed by atoms with Crippen LogP contribution in [0.2, 0.25) is 0 Å². The quantitative estimate of drug-likeness (QED) is 0.877. The van der Waals surface area contributed by atoms with Gasteiger partial charge in [0.15, 0.2) is 0 Å². The van der Waals surface area contributed by atoms with Crippen LogP contribution in [0.1, 0.15) is 31.2 Å². The zero-order chi connectivity index (χ0) is 16.9. The van der Waals surface area contributed by atoms with E-state index in [1.165, 1.54) is 0 Å². The van der Waals surface area contributed by atoms with E-state index in [1.54, 1.807) is 15.8 Å². The van der Waals surface area contributed by atoms with E-state index in [-0.39, 0.29) is 24.9 Å². The second-order valence-electron chi connectivity index (χ2n) is 6.22. The average molecular weight is 326 g/mol. The zero-order valence-corrected chi connectivity index (χ0v) is 13.6. The van der Waals surface area contributed by atoms with Gasteiger partial charge >= 0.3 is 0 Å². The number of carbonyl (C=O) groups excluding carboxylic acids is 2. The number of benzene rings is 1. The Labute approximate surface area is 141 Å². The number of hydrogen-bond acceptors (Lipinski definition) is 3. The van der Waals surface area contributed by atoms with E-state index in [9.17, 15) is 9.59 Å². The number of rotatable bonds is 6. The van der Waals surface area contributed by atoms with Gasteiger partial charge in [-0.15, -0.1) is 0 Å². The Morgan fingerprint density at radius 2 is 1.92 bits per heavy atom. The second kappa shape index (κ2) is 7.29. The topological polar surface area (TPSA) is 81.2 Å². The van der Waals surface area contributed by atoms with Gasteiger partial charge in [-0.05, 0) is 36.6 Å². The molecule has 24 heavy (non-hydrogen) atoms. The minimum Gasteiger partial charge on any atom is -0.368 e. The highest BCUT2D eigenvalue weighted by molar-refractivity contribution is 5.85. The predicted octanol–water partition coefficient (Wildman–Crippen LogP) is 1.67. The molecule has 0 atom stereocenters. The summed E-state index contributed by atoms with van der Waals surface area (Å²) in [6.45, 7) is 0.00880. The van der Waals surface area contributed by atoms with Gasteiger partial charge in [0.2, 0.25) is 11.8 Å². The van der Waals surface area contributed by atoms with Gasteiger partial charge in [-0.25, -0.2) is 4.68 Å². The van der Waals surface area contributed by atoms with Crippen LogP contribution in [0.15, 0.2) is 42.7 Å². The van der Waals surface area contributed by atoms with Crippen molar-refractivity contribution in [2.24, 2.45) is 5.73 Å². The van der Waals surface area contributed by atoms with Crippen LogP contribution in [-0.4, -0.2) is 39.1 Å². The summed E-state index contributed by atoms with van der Waals surface area (Å²) in [6.07, 6.45) is 7.99. The number of carbonyl (C=O) groups is 2. The van der Waals surface area contributed by atoms with Crippen LogP contribution in [0, 0.1) is 0 Å². The first-order valence-electron chi connectivity index (χ1n) is 8.30. The van der Waals surface area contributed by atoms with E-state index < -0.39 is 5.91 Å². The predicted molar refractivity (Wildman–Crippen MR) is 90.4 cm³/mol. The van der Waals surface area contributed by atoms with Gasteiger partial charge < -0.3 is 10.6 Å². The van der Waals surface area contributed by atoms with Gasteiger partial charge in [0.05, 0.1) is 18.7 Å². The number of nitrogens with zero attached hydrogens (tertiary/aromatic N) is 3. The summed E-state index contributed by atoms with van der Waals surface area (Å²) in [5.74, 6) is -0.489. The molecule has 3 rings (SSSR count). The van der Waals surface area contributed by atoms with Gasteiger partial charge in [-0.2, -0.15) is 5.10 Å². The summed E-state index contributed by atoms with van der Waals surface area (Å²) < 4.78 is 1.77. The van der Waals surface area contributed by atoms with E-state index in [0.717, 1.165) is 36.9 Å². The van der Waals surface area contributed by atoms with Gasteiger partial charge in [-0.3, -0.25) is 9.59 Å². The molecule has 1 heterocycles. The van der Waals surface area contributed by atoms with Crippen molar-refractivity contribution in [3.05, 3.63) is 48.3 Å². The molecule has 1 aliphatic carbocycles. The first-order valence-corrected chi connectivity index (χ1v) is 8.30. The standard InChI is InChI=1S/C18H22N4O2/c19-17(23)13-21(15-4-1-2-5-15)18(24)12-14-6-8-16(9-7-14)22-11-3-10-20-22/h3,6-11,15H,1-2,4-5,12-13H2,(H2,19,23). The van der Waals surface area contributed by atoms with Crippen molar-refractivity contribution < 1.29 is 9.59 Å². The van der Waals surface area contributed by atoms with Gasteiger partial charge in [-0.1, -0.05) is 25.0 Å². The Morgan fingerprint density at radius 3 is 2.50 bits per heavy atom. The highest BCUT2D eigenvalue weighted by atomic mass is 16.2. The van der Waals surface area contributed by atoms with Crippen molar-refractivity contribution in [1.29, 1.82) is 0 Å². The van der Waals surface area contributed by atoms with E-state index in [1.807, 2.05) is 36.5 Å². The maximum atomic E-state index is 12.6. The number of hydrogen-bond donors (Lipinski definition) is 1. The summed E-state index contributed by atoms with van der Waals surface area (Å²) in [5.41, 5.74) is 7.19. The Hall–Kier alpha value is -2.63. The molecule has 2 amide bonds. The first kappa shape index (κ1) is 16.2. The van der Waals surface area contributed by atoms with Crippen LogP contribution in [-0.2, 0) is 16.0 Å². The molecule has 0 aliphatic heterocycles. The van der Waals surface area contributed by atoms with Gasteiger partial charge in [0, 0.05) is 18.4 Å². The van der Waals surface area contributed by atoms with Crippen LogP contribution in [0.25, 0.3) is 5.69 Å². The van der Waals surface area contributed by atoms with Crippen LogP contribution in [0.3, 0.4) is 0 Å². The van der Waals surface area contributed by atoms with E-state index >= 15 is 0 Å². The highest BCUT2D eigenvalue weighted by Gasteiger charge is 2.27. The Kier molecular flexibility index (Phi) is 4.93. The molecule has 1 saturated carbocycles. The smallest absolute Gasteiger partial charge is 0.237 e. The first-order chi connectivity index (χ1) is 11.6. The molecule has 6 nitrogen and oxygen atoms in total. The SMILES string of the molecule is NC(=O)CN(C(=O)Cc1ccc(-n2cccn2)cc1)C1CCCC1. The maximum Gasteiger partial charge on any atom is 0.237 e. The lowest BCUT2D eigenvalue weighted by Gasteiger charge is -2.28. The summed E-state index contributed by atoms with van der Waals surface area (Å²) in [7, 11) is 0. The van der Waals surface area contributed by atoms with Crippen molar-refractivity contribution in [2.45, 2.75) is 38.1 Å². The third-order valence-corrected chi connectivity index (χ3v) is 4.47. The normalized spacial score (nSPS) is 14.7. The molecule has 1 aromatic carbocycles. The fraction of sp³-hybridized carbons (Fsp3) is 0.389. The minimum atomic E-state index is -0.454. The fourth-order valence-electron chi connectivity index (χ4n) is 3.27. The minimum absolute atomic E-state index is 0.00880. The number of aromatic nitrogens is 2. The van der Waals surface area contributed by atoms with Crippen molar-refractivity contribution >= 4 is 11.8 Å². The Morgan fingerprint density at radius 1 is 1.21 bits per heavy atom. The van der Waals surface area contributed by atoms with Gasteiger partial charge in [0.1, 0.15) is 0 Å². The van der Waals surface area contributed by atoms with E-state index in [4.69, 9.17) is 5.73 Å². The number of nitrogens with two attached hydrogens (primary N) is 1. The number of primary amides is 1. The van der Waals surface area contributed by atoms with E-state index in [2.05, 4.69) is 5.10 Å². The molecule has 0 unspecified atom stereocenters. The van der Waals surface area contributed by atoms with Crippen LogP contribution < -0.4 is 5.73 Å². The molecule has 0 radical (unpaired) electrons. The lowest BCUT2D eigenvalue weighted by Crippen LogP contribution is -2.44. The molecule has 0 bridgehead atoms. The van der Waals surface area contributed by atoms with Crippen molar-refractivity contribution in [3.8, 4) is 5.69 Å². The fourth-order valence-corrected chi connectivity index (χ4v) is 3.27. The molecule has 1 aromatic heterocycles. The van der Waals surface area contributed by atoms with Crippen molar-refractivity contribution in [1.82, 2.24) is 14.7 Å². The molecule has 1 aliphatic rings. The summed E-state index contributed by atoms with van der Waals surface area (Å²) in [6, 6.07) is 9.72. The third kappa shape index (κ3) is 3.82. The molecule has 1 fully saturated rings. The molecule has 0 saturated heterocycles. The third-order valence-electron chi connectivity index (χ3n) is 4.47. The second-order valence-corrected chi connectivity index (χ2v) is 6.22. The van der Waals surface area contributed by atoms with Gasteiger partial charge in [0.25, 0.3) is 0 Å². The highest BCUT2D eigenvalue weighted by Crippen LogP contribution is 2.24. The summed E-state index contributed by atoms with van der Waals surface area (Å²) in [4.78, 5) is 25.6. The zero-order valence-electron chi connectivity index (χ0n) is 13.6. The molecule has 6 heteroatoms. The lowest BCUT2D eigenvalue weighted by molar-refractivity contribution is -0.136. The van der Waals surface area contributed by atoms with Crippen molar-refractivity contribution in [2.75, 3.05) is 6.54 Å². The maximum absolute atomic E-state index is 12.6. The molecular weight excluding hydrogens is 304 g/mol. The van der Waals surface area contributed by atoms with Crippen LogP contribution in [0.5, 0.6) is 0 Å². The van der Waals surface area contributed by atoms with Crippen molar-refractivity contribution in [3.63, 3.8) is 0 Å². The lowest BCUT2D eigenvalue weighted by atomic mass is 10.1. The summed E-state index contributed by atoms with van der Waals surface area (Å²) in [5, 5.41) is 4.18. The van der Waals surface area contributed by atoms with E-state index in [0.29, 0.717) is 0 Å². The largest absolute Gasteiger partial charge is 0.368 e. The van der Waals surface area contributed by atoms with Crippen LogP contribution in [0.4, 0.5) is 0 Å². The van der Waals surface area contributed by atoms with Crippen LogP contribution >= 0.6 is 0 Å². The molecule has 2 aromatic rings. The number of amides is 2. The Bertz CT molecular complexity index is 688. The monoisotopic (exact) mass is 326 g/mol. The molecule has 126 valence electrons. The Balaban J connectivity index is 1.68. The average Bonchev–Trinajstić information content (AvgIpc) is 3.26.